The molecule has 112 valence electrons. The van der Waals surface area contributed by atoms with Crippen LogP contribution in [0.4, 0.5) is 0 Å². The number of hydrogen-bond acceptors (Lipinski definition) is 4. The Bertz CT molecular complexity index is 597. The molecule has 1 unspecified atom stereocenters. The fourth-order valence-electron chi connectivity index (χ4n) is 1.72. The van der Waals surface area contributed by atoms with Gasteiger partial charge in [0.05, 0.1) is 13.0 Å². The highest BCUT2D eigenvalue weighted by Gasteiger charge is 2.27. The second-order valence-electron chi connectivity index (χ2n) is 4.68. The van der Waals surface area contributed by atoms with E-state index in [-0.39, 0.29) is 17.2 Å². The van der Waals surface area contributed by atoms with E-state index in [0.29, 0.717) is 0 Å². The molecule has 0 radical (unpaired) electrons. The number of carboxylic acids is 1. The van der Waals surface area contributed by atoms with Crippen molar-refractivity contribution in [3.8, 4) is 5.75 Å². The Hall–Kier alpha value is -1.60. The van der Waals surface area contributed by atoms with E-state index in [2.05, 4.69) is 0 Å². The van der Waals surface area contributed by atoms with Gasteiger partial charge in [0.25, 0.3) is 0 Å². The predicted molar refractivity (Wildman–Crippen MR) is 74.3 cm³/mol. The Morgan fingerprint density at radius 1 is 1.45 bits per heavy atom. The van der Waals surface area contributed by atoms with E-state index in [1.165, 1.54) is 27.1 Å². The highest BCUT2D eigenvalue weighted by molar-refractivity contribution is 7.89. The third-order valence-electron chi connectivity index (χ3n) is 2.96. The van der Waals surface area contributed by atoms with Crippen molar-refractivity contribution in [3.63, 3.8) is 0 Å². The van der Waals surface area contributed by atoms with Crippen LogP contribution in [0.1, 0.15) is 12.5 Å². The maximum atomic E-state index is 12.5. The average molecular weight is 301 g/mol. The first kappa shape index (κ1) is 16.5. The van der Waals surface area contributed by atoms with Crippen LogP contribution in [-0.4, -0.2) is 44.5 Å². The van der Waals surface area contributed by atoms with Gasteiger partial charge in [0, 0.05) is 13.6 Å². The van der Waals surface area contributed by atoms with Gasteiger partial charge in [-0.3, -0.25) is 4.79 Å². The van der Waals surface area contributed by atoms with E-state index < -0.39 is 21.9 Å². The Labute approximate surface area is 119 Å². The largest absolute Gasteiger partial charge is 0.495 e. The molecule has 0 saturated carbocycles. The normalized spacial score (nSPS) is 13.2. The van der Waals surface area contributed by atoms with Gasteiger partial charge in [-0.1, -0.05) is 13.0 Å². The van der Waals surface area contributed by atoms with Gasteiger partial charge in [-0.05, 0) is 24.6 Å². The van der Waals surface area contributed by atoms with Crippen LogP contribution in [-0.2, 0) is 14.8 Å². The van der Waals surface area contributed by atoms with E-state index in [1.54, 1.807) is 19.1 Å². The lowest BCUT2D eigenvalue weighted by molar-refractivity contribution is -0.141. The molecule has 0 aliphatic heterocycles. The van der Waals surface area contributed by atoms with E-state index in [1.807, 2.05) is 0 Å². The van der Waals surface area contributed by atoms with Gasteiger partial charge in [0.1, 0.15) is 10.6 Å². The van der Waals surface area contributed by atoms with Crippen molar-refractivity contribution in [2.45, 2.75) is 18.7 Å². The summed E-state index contributed by atoms with van der Waals surface area (Å²) in [7, 11) is -1.04. The van der Waals surface area contributed by atoms with Gasteiger partial charge in [0.15, 0.2) is 0 Å². The highest BCUT2D eigenvalue weighted by Crippen LogP contribution is 2.27. The number of rotatable bonds is 6. The summed E-state index contributed by atoms with van der Waals surface area (Å²) in [6.45, 7) is 3.13. The summed E-state index contributed by atoms with van der Waals surface area (Å²) < 4.78 is 31.0. The van der Waals surface area contributed by atoms with Gasteiger partial charge < -0.3 is 9.84 Å². The molecule has 1 rings (SSSR count). The van der Waals surface area contributed by atoms with Crippen LogP contribution >= 0.6 is 0 Å². The van der Waals surface area contributed by atoms with E-state index in [9.17, 15) is 13.2 Å². The van der Waals surface area contributed by atoms with E-state index >= 15 is 0 Å². The van der Waals surface area contributed by atoms with Crippen molar-refractivity contribution in [2.24, 2.45) is 5.92 Å². The molecule has 0 fully saturated rings. The summed E-state index contributed by atoms with van der Waals surface area (Å²) >= 11 is 0. The fraction of sp³-hybridized carbons (Fsp3) is 0.462. The molecule has 1 aromatic carbocycles. The van der Waals surface area contributed by atoms with Gasteiger partial charge >= 0.3 is 5.97 Å². The first-order valence-electron chi connectivity index (χ1n) is 6.04. The molecular formula is C13H19NO5S. The van der Waals surface area contributed by atoms with Crippen LogP contribution in [0.5, 0.6) is 5.75 Å². The summed E-state index contributed by atoms with van der Waals surface area (Å²) in [6, 6.07) is 4.84. The number of sulfonamides is 1. The lowest BCUT2D eigenvalue weighted by atomic mass is 10.2. The average Bonchev–Trinajstić information content (AvgIpc) is 2.38. The quantitative estimate of drug-likeness (QED) is 0.857. The second kappa shape index (κ2) is 6.23. The van der Waals surface area contributed by atoms with Crippen molar-refractivity contribution < 1.29 is 23.1 Å². The molecule has 0 aliphatic carbocycles. The Kier molecular flexibility index (Phi) is 5.13. The van der Waals surface area contributed by atoms with Crippen molar-refractivity contribution in [2.75, 3.05) is 20.7 Å². The van der Waals surface area contributed by atoms with Gasteiger partial charge in [0.2, 0.25) is 10.0 Å². The fourth-order valence-corrected chi connectivity index (χ4v) is 3.21. The summed E-state index contributed by atoms with van der Waals surface area (Å²) in [5, 5.41) is 8.87. The molecular weight excluding hydrogens is 282 g/mol. The third kappa shape index (κ3) is 3.49. The monoisotopic (exact) mass is 301 g/mol. The van der Waals surface area contributed by atoms with E-state index in [0.717, 1.165) is 9.87 Å². The van der Waals surface area contributed by atoms with Crippen LogP contribution in [0.25, 0.3) is 0 Å². The summed E-state index contributed by atoms with van der Waals surface area (Å²) in [4.78, 5) is 10.9. The lowest BCUT2D eigenvalue weighted by Gasteiger charge is -2.20. The van der Waals surface area contributed by atoms with Crippen molar-refractivity contribution in [1.29, 1.82) is 0 Å². The maximum absolute atomic E-state index is 12.5. The van der Waals surface area contributed by atoms with Gasteiger partial charge in [-0.15, -0.1) is 0 Å². The SMILES string of the molecule is COc1ccc(C)cc1S(=O)(=O)N(C)CC(C)C(=O)O. The number of methoxy groups -OCH3 is 1. The summed E-state index contributed by atoms with van der Waals surface area (Å²) in [5.41, 5.74) is 0.782. The molecule has 7 heteroatoms. The number of hydrogen-bond donors (Lipinski definition) is 1. The number of carbonyl (C=O) groups is 1. The molecule has 1 aromatic rings. The Balaban J connectivity index is 3.16. The number of aryl methyl sites for hydroxylation is 1. The zero-order valence-electron chi connectivity index (χ0n) is 12.0. The predicted octanol–water partition coefficient (Wildman–Crippen LogP) is 1.34. The standard InChI is InChI=1S/C13H19NO5S/c1-9-5-6-11(19-4)12(7-9)20(17,18)14(3)8-10(2)13(15)16/h5-7,10H,8H2,1-4H3,(H,15,16). The molecule has 0 saturated heterocycles. The molecule has 0 spiro atoms. The smallest absolute Gasteiger partial charge is 0.307 e. The summed E-state index contributed by atoms with van der Waals surface area (Å²) in [5.74, 6) is -1.58. The van der Waals surface area contributed by atoms with Gasteiger partial charge in [-0.25, -0.2) is 8.42 Å². The zero-order chi connectivity index (χ0) is 15.5. The van der Waals surface area contributed by atoms with Crippen LogP contribution in [0.15, 0.2) is 23.1 Å². The summed E-state index contributed by atoms with van der Waals surface area (Å²) in [6.07, 6.45) is 0. The van der Waals surface area contributed by atoms with Crippen molar-refractivity contribution in [3.05, 3.63) is 23.8 Å². The van der Waals surface area contributed by atoms with Crippen molar-refractivity contribution in [1.82, 2.24) is 4.31 Å². The lowest BCUT2D eigenvalue weighted by Crippen LogP contribution is -2.34. The molecule has 0 bridgehead atoms. The first-order valence-corrected chi connectivity index (χ1v) is 7.48. The number of carboxylic acid groups (broad SMARTS) is 1. The highest BCUT2D eigenvalue weighted by atomic mass is 32.2. The van der Waals surface area contributed by atoms with E-state index in [4.69, 9.17) is 9.84 Å². The molecule has 6 nitrogen and oxygen atoms in total. The minimum Gasteiger partial charge on any atom is -0.495 e. The molecule has 20 heavy (non-hydrogen) atoms. The van der Waals surface area contributed by atoms with Crippen LogP contribution in [0.3, 0.4) is 0 Å². The third-order valence-corrected chi connectivity index (χ3v) is 4.80. The molecule has 1 N–H and O–H groups in total. The van der Waals surface area contributed by atoms with Crippen LogP contribution in [0, 0.1) is 12.8 Å². The molecule has 0 aliphatic rings. The molecule has 1 atom stereocenters. The van der Waals surface area contributed by atoms with Crippen molar-refractivity contribution >= 4 is 16.0 Å². The maximum Gasteiger partial charge on any atom is 0.307 e. The van der Waals surface area contributed by atoms with Gasteiger partial charge in [-0.2, -0.15) is 4.31 Å². The Morgan fingerprint density at radius 3 is 2.55 bits per heavy atom. The molecule has 0 heterocycles. The number of aliphatic carboxylic acids is 1. The minimum absolute atomic E-state index is 0.0417. The molecule has 0 aromatic heterocycles. The second-order valence-corrected chi connectivity index (χ2v) is 6.69. The first-order chi connectivity index (χ1) is 9.20. The Morgan fingerprint density at radius 2 is 2.05 bits per heavy atom. The minimum atomic E-state index is -3.79. The number of benzene rings is 1. The topological polar surface area (TPSA) is 83.9 Å². The number of ether oxygens (including phenoxy) is 1. The number of nitrogens with zero attached hydrogens (tertiary/aromatic N) is 1. The molecule has 0 amide bonds. The van der Waals surface area contributed by atoms with Crippen LogP contribution in [0.2, 0.25) is 0 Å². The van der Waals surface area contributed by atoms with Crippen LogP contribution < -0.4 is 4.74 Å². The zero-order valence-corrected chi connectivity index (χ0v) is 12.8.